The predicted octanol–water partition coefficient (Wildman–Crippen LogP) is 3.00. The van der Waals surface area contributed by atoms with Crippen molar-refractivity contribution in [2.75, 3.05) is 11.9 Å². The lowest BCUT2D eigenvalue weighted by Crippen LogP contribution is -2.27. The van der Waals surface area contributed by atoms with E-state index < -0.39 is 14.9 Å². The minimum atomic E-state index is -3.79. The van der Waals surface area contributed by atoms with Crippen molar-refractivity contribution in [1.29, 1.82) is 0 Å². The molecule has 0 atom stereocenters. The second kappa shape index (κ2) is 8.66. The Morgan fingerprint density at radius 3 is 2.52 bits per heavy atom. The van der Waals surface area contributed by atoms with Gasteiger partial charge < -0.3 is 5.32 Å². The highest BCUT2D eigenvalue weighted by Gasteiger charge is 2.22. The van der Waals surface area contributed by atoms with Crippen LogP contribution in [0.4, 0.5) is 11.4 Å². The van der Waals surface area contributed by atoms with E-state index in [9.17, 15) is 18.5 Å². The number of nitrogens with one attached hydrogen (secondary N) is 2. The van der Waals surface area contributed by atoms with Gasteiger partial charge in [0.1, 0.15) is 12.4 Å². The van der Waals surface area contributed by atoms with Gasteiger partial charge in [-0.3, -0.25) is 14.8 Å². The number of sulfonamides is 1. The first-order valence-electron chi connectivity index (χ1n) is 9.61. The van der Waals surface area contributed by atoms with Crippen LogP contribution in [0.2, 0.25) is 5.02 Å². The minimum Gasteiger partial charge on any atom is -0.380 e. The van der Waals surface area contributed by atoms with Crippen LogP contribution in [0.1, 0.15) is 11.1 Å². The summed E-state index contributed by atoms with van der Waals surface area (Å²) >= 11 is 6.35. The molecule has 162 valence electrons. The van der Waals surface area contributed by atoms with Gasteiger partial charge >= 0.3 is 5.69 Å². The van der Waals surface area contributed by atoms with E-state index in [0.29, 0.717) is 10.7 Å². The van der Waals surface area contributed by atoms with E-state index in [4.69, 9.17) is 11.6 Å². The van der Waals surface area contributed by atoms with Gasteiger partial charge in [-0.1, -0.05) is 35.9 Å². The highest BCUT2D eigenvalue weighted by molar-refractivity contribution is 7.89. The highest BCUT2D eigenvalue weighted by atomic mass is 35.5. The number of halogens is 1. The number of anilines is 1. The SMILES string of the molecule is O=[N+]([O-])c1cnn(CCNS(=O)(=O)c2ccc(NC3Cc4ccccc4C3)c(Cl)c2)c1. The largest absolute Gasteiger partial charge is 0.380 e. The van der Waals surface area contributed by atoms with Gasteiger partial charge in [-0.25, -0.2) is 13.1 Å². The zero-order valence-electron chi connectivity index (χ0n) is 16.4. The second-order valence-electron chi connectivity index (χ2n) is 7.28. The summed E-state index contributed by atoms with van der Waals surface area (Å²) in [5, 5.41) is 18.2. The fourth-order valence-electron chi connectivity index (χ4n) is 3.61. The molecule has 0 saturated carbocycles. The van der Waals surface area contributed by atoms with Crippen molar-refractivity contribution in [3.05, 3.63) is 81.1 Å². The zero-order valence-corrected chi connectivity index (χ0v) is 17.9. The van der Waals surface area contributed by atoms with Crippen LogP contribution in [0.3, 0.4) is 0 Å². The first-order chi connectivity index (χ1) is 14.8. The Kier molecular flexibility index (Phi) is 5.94. The normalized spacial score (nSPS) is 13.8. The van der Waals surface area contributed by atoms with E-state index in [-0.39, 0.29) is 29.7 Å². The number of nitrogens with zero attached hydrogens (tertiary/aromatic N) is 3. The van der Waals surface area contributed by atoms with Gasteiger partial charge in [0.2, 0.25) is 10.0 Å². The lowest BCUT2D eigenvalue weighted by Gasteiger charge is -2.16. The molecule has 0 saturated heterocycles. The van der Waals surface area contributed by atoms with Crippen LogP contribution >= 0.6 is 11.6 Å². The van der Waals surface area contributed by atoms with Crippen LogP contribution in [0.25, 0.3) is 0 Å². The van der Waals surface area contributed by atoms with Crippen LogP contribution in [0.5, 0.6) is 0 Å². The molecule has 0 spiro atoms. The lowest BCUT2D eigenvalue weighted by atomic mass is 10.1. The summed E-state index contributed by atoms with van der Waals surface area (Å²) in [4.78, 5) is 10.2. The summed E-state index contributed by atoms with van der Waals surface area (Å²) in [6.07, 6.45) is 4.13. The van der Waals surface area contributed by atoms with Crippen molar-refractivity contribution in [1.82, 2.24) is 14.5 Å². The van der Waals surface area contributed by atoms with Crippen molar-refractivity contribution in [3.63, 3.8) is 0 Å². The fraction of sp³-hybridized carbons (Fsp3) is 0.250. The summed E-state index contributed by atoms with van der Waals surface area (Å²) in [6.45, 7) is 0.182. The molecule has 0 bridgehead atoms. The molecule has 2 aromatic carbocycles. The third-order valence-corrected chi connectivity index (χ3v) is 6.90. The van der Waals surface area contributed by atoms with Crippen molar-refractivity contribution in [3.8, 4) is 0 Å². The predicted molar refractivity (Wildman–Crippen MR) is 117 cm³/mol. The van der Waals surface area contributed by atoms with E-state index in [2.05, 4.69) is 27.3 Å². The van der Waals surface area contributed by atoms with Gasteiger partial charge in [0.05, 0.1) is 27.1 Å². The first kappa shape index (κ1) is 21.3. The Hall–Kier alpha value is -2.95. The molecule has 0 aliphatic heterocycles. The smallest absolute Gasteiger partial charge is 0.306 e. The molecule has 2 N–H and O–H groups in total. The average Bonchev–Trinajstić information content (AvgIpc) is 3.36. The maximum Gasteiger partial charge on any atom is 0.306 e. The Bertz CT molecular complexity index is 1200. The summed E-state index contributed by atoms with van der Waals surface area (Å²) in [7, 11) is -3.79. The number of aromatic nitrogens is 2. The third kappa shape index (κ3) is 4.87. The molecule has 1 aliphatic rings. The van der Waals surface area contributed by atoms with Crippen molar-refractivity contribution >= 4 is 33.0 Å². The lowest BCUT2D eigenvalue weighted by molar-refractivity contribution is -0.385. The molecular weight excluding hydrogens is 442 g/mol. The highest BCUT2D eigenvalue weighted by Crippen LogP contribution is 2.29. The van der Waals surface area contributed by atoms with Crippen LogP contribution in [0, 0.1) is 10.1 Å². The number of fused-ring (bicyclic) bond motifs is 1. The maximum absolute atomic E-state index is 12.6. The van der Waals surface area contributed by atoms with Crippen LogP contribution in [0.15, 0.2) is 59.8 Å². The molecule has 0 amide bonds. The van der Waals surface area contributed by atoms with Gasteiger partial charge in [0.25, 0.3) is 0 Å². The van der Waals surface area contributed by atoms with Crippen molar-refractivity contribution < 1.29 is 13.3 Å². The Morgan fingerprint density at radius 2 is 1.90 bits per heavy atom. The van der Waals surface area contributed by atoms with Crippen LogP contribution < -0.4 is 10.0 Å². The molecule has 9 nitrogen and oxygen atoms in total. The standard InChI is InChI=1S/C20H20ClN5O4S/c21-19-11-18(31(29,30)23-7-8-25-13-17(12-22-25)26(27)28)5-6-20(19)24-16-9-14-3-1-2-4-15(14)10-16/h1-6,11-13,16,23-24H,7-10H2. The summed E-state index contributed by atoms with van der Waals surface area (Å²) in [5.41, 5.74) is 3.15. The zero-order chi connectivity index (χ0) is 22.0. The van der Waals surface area contributed by atoms with Crippen LogP contribution in [-0.2, 0) is 29.4 Å². The molecule has 1 heterocycles. The fourth-order valence-corrected chi connectivity index (χ4v) is 4.95. The molecule has 1 aromatic heterocycles. The van der Waals surface area contributed by atoms with Gasteiger partial charge in [-0.2, -0.15) is 5.10 Å². The Morgan fingerprint density at radius 1 is 1.19 bits per heavy atom. The maximum atomic E-state index is 12.6. The van der Waals surface area contributed by atoms with Crippen LogP contribution in [-0.4, -0.2) is 35.7 Å². The Balaban J connectivity index is 1.36. The molecule has 4 rings (SSSR count). The quantitative estimate of drug-likeness (QED) is 0.393. The summed E-state index contributed by atoms with van der Waals surface area (Å²) in [5.74, 6) is 0. The topological polar surface area (TPSA) is 119 Å². The Labute approximate surface area is 184 Å². The van der Waals surface area contributed by atoms with Gasteiger partial charge in [0.15, 0.2) is 0 Å². The van der Waals surface area contributed by atoms with E-state index in [1.54, 1.807) is 6.07 Å². The molecule has 11 heteroatoms. The molecule has 31 heavy (non-hydrogen) atoms. The van der Waals surface area contributed by atoms with Gasteiger partial charge in [-0.15, -0.1) is 0 Å². The first-order valence-corrected chi connectivity index (χ1v) is 11.5. The average molecular weight is 462 g/mol. The van der Waals surface area contributed by atoms with Crippen molar-refractivity contribution in [2.45, 2.75) is 30.3 Å². The molecule has 3 aromatic rings. The third-order valence-electron chi connectivity index (χ3n) is 5.12. The molecule has 0 fully saturated rings. The number of benzene rings is 2. The summed E-state index contributed by atoms with van der Waals surface area (Å²) in [6, 6.07) is 13.0. The number of hydrogen-bond donors (Lipinski definition) is 2. The van der Waals surface area contributed by atoms with Crippen molar-refractivity contribution in [2.24, 2.45) is 0 Å². The number of nitro groups is 1. The molecule has 0 radical (unpaired) electrons. The number of hydrogen-bond acceptors (Lipinski definition) is 6. The molecular formula is C20H20ClN5O4S. The van der Waals surface area contributed by atoms with E-state index in [1.165, 1.54) is 34.1 Å². The molecule has 0 unspecified atom stereocenters. The second-order valence-corrected chi connectivity index (χ2v) is 9.45. The van der Waals surface area contributed by atoms with E-state index in [0.717, 1.165) is 19.0 Å². The van der Waals surface area contributed by atoms with Gasteiger partial charge in [-0.05, 0) is 42.2 Å². The monoisotopic (exact) mass is 461 g/mol. The van der Waals surface area contributed by atoms with E-state index >= 15 is 0 Å². The minimum absolute atomic E-state index is 0.0269. The number of rotatable bonds is 8. The van der Waals surface area contributed by atoms with E-state index in [1.807, 2.05) is 12.1 Å². The van der Waals surface area contributed by atoms with Gasteiger partial charge in [0, 0.05) is 12.6 Å². The molecule has 1 aliphatic carbocycles. The summed E-state index contributed by atoms with van der Waals surface area (Å²) < 4.78 is 28.9.